The van der Waals surface area contributed by atoms with E-state index in [1.54, 1.807) is 0 Å². The van der Waals surface area contributed by atoms with Gasteiger partial charge in [0, 0.05) is 19.6 Å². The second-order valence-corrected chi connectivity index (χ2v) is 6.10. The second-order valence-electron chi connectivity index (χ2n) is 6.10. The zero-order valence-corrected chi connectivity index (χ0v) is 13.6. The maximum absolute atomic E-state index is 2.36. The molecule has 0 aromatic heterocycles. The molecule has 2 aromatic carbocycles. The van der Waals surface area contributed by atoms with Crippen molar-refractivity contribution in [3.05, 3.63) is 59.7 Å². The zero-order valence-electron chi connectivity index (χ0n) is 13.6. The molecule has 2 heteroatoms. The Kier molecular flexibility index (Phi) is 5.54. The average Bonchev–Trinajstić information content (AvgIpc) is 2.47. The van der Waals surface area contributed by atoms with Gasteiger partial charge in [0.1, 0.15) is 0 Å². The molecule has 0 unspecified atom stereocenters. The first-order valence-electron chi connectivity index (χ1n) is 7.54. The fourth-order valence-electron chi connectivity index (χ4n) is 2.31. The molecule has 0 atom stereocenters. The summed E-state index contributed by atoms with van der Waals surface area (Å²) in [6.45, 7) is 5.31. The molecule has 0 spiro atoms. The first kappa shape index (κ1) is 15.7. The molecule has 2 rings (SSSR count). The van der Waals surface area contributed by atoms with Crippen LogP contribution in [0.5, 0.6) is 0 Å². The second kappa shape index (κ2) is 7.39. The quantitative estimate of drug-likeness (QED) is 0.798. The van der Waals surface area contributed by atoms with Crippen molar-refractivity contribution in [3.63, 3.8) is 0 Å². The van der Waals surface area contributed by atoms with Crippen molar-refractivity contribution >= 4 is 0 Å². The van der Waals surface area contributed by atoms with Gasteiger partial charge < -0.3 is 9.80 Å². The summed E-state index contributed by atoms with van der Waals surface area (Å²) in [4.78, 5) is 4.58. The van der Waals surface area contributed by atoms with Crippen LogP contribution in [-0.4, -0.2) is 44.0 Å². The number of aryl methyl sites for hydroxylation is 1. The molecule has 2 nitrogen and oxygen atoms in total. The summed E-state index contributed by atoms with van der Waals surface area (Å²) in [5.41, 5.74) is 5.24. The molecule has 21 heavy (non-hydrogen) atoms. The van der Waals surface area contributed by atoms with Gasteiger partial charge >= 0.3 is 0 Å². The van der Waals surface area contributed by atoms with Crippen molar-refractivity contribution in [1.29, 1.82) is 0 Å². The average molecular weight is 282 g/mol. The SMILES string of the molecule is Cc1ccc(-c2ccc(CN(C)CCN(C)C)cc2)cc1. The van der Waals surface area contributed by atoms with Crippen LogP contribution >= 0.6 is 0 Å². The highest BCUT2D eigenvalue weighted by molar-refractivity contribution is 5.63. The normalized spacial score (nSPS) is 11.3. The molecule has 2 aromatic rings. The highest BCUT2D eigenvalue weighted by Crippen LogP contribution is 2.20. The third-order valence-electron chi connectivity index (χ3n) is 3.72. The van der Waals surface area contributed by atoms with Gasteiger partial charge in [-0.05, 0) is 44.8 Å². The van der Waals surface area contributed by atoms with Gasteiger partial charge in [-0.3, -0.25) is 0 Å². The topological polar surface area (TPSA) is 6.48 Å². The van der Waals surface area contributed by atoms with E-state index in [0.717, 1.165) is 19.6 Å². The fraction of sp³-hybridized carbons (Fsp3) is 0.368. The Morgan fingerprint density at radius 2 is 1.24 bits per heavy atom. The summed E-state index contributed by atoms with van der Waals surface area (Å²) in [6, 6.07) is 17.6. The van der Waals surface area contributed by atoms with Crippen LogP contribution in [0.4, 0.5) is 0 Å². The predicted octanol–water partition coefficient (Wildman–Crippen LogP) is 3.66. The molecule has 0 amide bonds. The van der Waals surface area contributed by atoms with Gasteiger partial charge in [-0.25, -0.2) is 0 Å². The van der Waals surface area contributed by atoms with Crippen molar-refractivity contribution in [1.82, 2.24) is 9.80 Å². The largest absolute Gasteiger partial charge is 0.308 e. The molecule has 0 saturated heterocycles. The summed E-state index contributed by atoms with van der Waals surface area (Å²) in [5, 5.41) is 0. The Balaban J connectivity index is 1.97. The van der Waals surface area contributed by atoms with Gasteiger partial charge in [0.15, 0.2) is 0 Å². The summed E-state index contributed by atoms with van der Waals surface area (Å²) in [5.74, 6) is 0. The van der Waals surface area contributed by atoms with Crippen molar-refractivity contribution in [2.75, 3.05) is 34.2 Å². The van der Waals surface area contributed by atoms with Gasteiger partial charge in [-0.15, -0.1) is 0 Å². The lowest BCUT2D eigenvalue weighted by Gasteiger charge is -2.19. The lowest BCUT2D eigenvalue weighted by atomic mass is 10.0. The Bertz CT molecular complexity index is 541. The molecule has 0 aliphatic carbocycles. The molecular weight excluding hydrogens is 256 g/mol. The smallest absolute Gasteiger partial charge is 0.0231 e. The Hall–Kier alpha value is -1.64. The van der Waals surface area contributed by atoms with E-state index in [1.807, 2.05) is 0 Å². The van der Waals surface area contributed by atoms with E-state index in [-0.39, 0.29) is 0 Å². The van der Waals surface area contributed by atoms with Crippen molar-refractivity contribution in [2.24, 2.45) is 0 Å². The molecule has 0 radical (unpaired) electrons. The Morgan fingerprint density at radius 1 is 0.714 bits per heavy atom. The molecule has 0 bridgehead atoms. The van der Waals surface area contributed by atoms with E-state index in [9.17, 15) is 0 Å². The van der Waals surface area contributed by atoms with Crippen LogP contribution in [0.3, 0.4) is 0 Å². The van der Waals surface area contributed by atoms with Crippen LogP contribution in [0.15, 0.2) is 48.5 Å². The third-order valence-corrected chi connectivity index (χ3v) is 3.72. The minimum absolute atomic E-state index is 1.00. The lowest BCUT2D eigenvalue weighted by Crippen LogP contribution is -2.28. The molecule has 0 N–H and O–H groups in total. The maximum Gasteiger partial charge on any atom is 0.0231 e. The molecular formula is C19H26N2. The van der Waals surface area contributed by atoms with Gasteiger partial charge in [0.05, 0.1) is 0 Å². The Morgan fingerprint density at radius 3 is 1.76 bits per heavy atom. The number of nitrogens with zero attached hydrogens (tertiary/aromatic N) is 2. The molecule has 0 aliphatic rings. The molecule has 112 valence electrons. The predicted molar refractivity (Wildman–Crippen MR) is 91.5 cm³/mol. The lowest BCUT2D eigenvalue weighted by molar-refractivity contribution is 0.276. The zero-order chi connectivity index (χ0) is 15.2. The van der Waals surface area contributed by atoms with E-state index in [4.69, 9.17) is 0 Å². The summed E-state index contributed by atoms with van der Waals surface area (Å²) in [6.07, 6.45) is 0. The summed E-state index contributed by atoms with van der Waals surface area (Å²) in [7, 11) is 6.41. The van der Waals surface area contributed by atoms with Crippen molar-refractivity contribution in [3.8, 4) is 11.1 Å². The van der Waals surface area contributed by atoms with E-state index in [2.05, 4.69) is 86.4 Å². The van der Waals surface area contributed by atoms with Crippen molar-refractivity contribution < 1.29 is 0 Å². The summed E-state index contributed by atoms with van der Waals surface area (Å²) < 4.78 is 0. The van der Waals surface area contributed by atoms with Crippen LogP contribution in [0.25, 0.3) is 11.1 Å². The van der Waals surface area contributed by atoms with Gasteiger partial charge in [0.25, 0.3) is 0 Å². The van der Waals surface area contributed by atoms with Crippen LogP contribution in [-0.2, 0) is 6.54 Å². The molecule has 0 fully saturated rings. The minimum atomic E-state index is 1.00. The number of hydrogen-bond acceptors (Lipinski definition) is 2. The Labute approximate surface area is 129 Å². The molecule has 0 saturated carbocycles. The highest BCUT2D eigenvalue weighted by Gasteiger charge is 2.02. The van der Waals surface area contributed by atoms with Crippen LogP contribution in [0, 0.1) is 6.92 Å². The van der Waals surface area contributed by atoms with E-state index in [1.165, 1.54) is 22.3 Å². The van der Waals surface area contributed by atoms with E-state index >= 15 is 0 Å². The molecule has 0 aliphatic heterocycles. The minimum Gasteiger partial charge on any atom is -0.308 e. The van der Waals surface area contributed by atoms with Crippen LogP contribution in [0.1, 0.15) is 11.1 Å². The standard InChI is InChI=1S/C19H26N2/c1-16-5-9-18(10-6-16)19-11-7-17(8-12-19)15-21(4)14-13-20(2)3/h5-12H,13-15H2,1-4H3. The van der Waals surface area contributed by atoms with E-state index < -0.39 is 0 Å². The fourth-order valence-corrected chi connectivity index (χ4v) is 2.31. The van der Waals surface area contributed by atoms with Crippen LogP contribution in [0.2, 0.25) is 0 Å². The van der Waals surface area contributed by atoms with Gasteiger partial charge in [-0.1, -0.05) is 54.1 Å². The third kappa shape index (κ3) is 5.00. The summed E-state index contributed by atoms with van der Waals surface area (Å²) >= 11 is 0. The van der Waals surface area contributed by atoms with Crippen molar-refractivity contribution in [2.45, 2.75) is 13.5 Å². The molecule has 0 heterocycles. The first-order valence-corrected chi connectivity index (χ1v) is 7.54. The maximum atomic E-state index is 2.36. The number of rotatable bonds is 6. The van der Waals surface area contributed by atoms with Crippen LogP contribution < -0.4 is 0 Å². The van der Waals surface area contributed by atoms with Gasteiger partial charge in [0.2, 0.25) is 0 Å². The monoisotopic (exact) mass is 282 g/mol. The number of benzene rings is 2. The van der Waals surface area contributed by atoms with E-state index in [0.29, 0.717) is 0 Å². The number of hydrogen-bond donors (Lipinski definition) is 0. The van der Waals surface area contributed by atoms with Gasteiger partial charge in [-0.2, -0.15) is 0 Å². The first-order chi connectivity index (χ1) is 10.0. The highest BCUT2D eigenvalue weighted by atomic mass is 15.1. The number of likely N-dealkylation sites (N-methyl/N-ethyl adjacent to an activating group) is 2.